The topological polar surface area (TPSA) is 16.1 Å². The molecule has 0 radical (unpaired) electrons. The highest BCUT2D eigenvalue weighted by Crippen LogP contribution is 2.41. The summed E-state index contributed by atoms with van der Waals surface area (Å²) in [4.78, 5) is 7.43. The van der Waals surface area contributed by atoms with Gasteiger partial charge in [-0.15, -0.1) is 13.2 Å². The fraction of sp³-hybridized carbons (Fsp3) is 0.100. The third-order valence-corrected chi connectivity index (χ3v) is 2.72. The summed E-state index contributed by atoms with van der Waals surface area (Å²) < 4.78 is 0. The monoisotopic (exact) mass is 192 g/mol. The van der Waals surface area contributed by atoms with Gasteiger partial charge in [0.05, 0.1) is 9.92 Å². The molecule has 1 aromatic heterocycles. The van der Waals surface area contributed by atoms with Crippen molar-refractivity contribution >= 4 is 17.6 Å². The van der Waals surface area contributed by atoms with Crippen molar-refractivity contribution in [1.29, 1.82) is 0 Å². The van der Waals surface area contributed by atoms with Crippen molar-refractivity contribution in [2.45, 2.75) is 4.90 Å². The van der Waals surface area contributed by atoms with Crippen LogP contribution in [0.4, 0.5) is 5.82 Å². The van der Waals surface area contributed by atoms with Gasteiger partial charge in [0.15, 0.2) is 0 Å². The molecule has 1 aliphatic heterocycles. The lowest BCUT2D eigenvalue weighted by Gasteiger charge is -2.09. The van der Waals surface area contributed by atoms with Crippen molar-refractivity contribution in [3.8, 4) is 0 Å². The standard InChI is InChI=1S/C8H8N2S.C2H4/c1-6-10(2)8-7(11-6)4-3-5-9-8;1-2/h3-5H,1H2,2H3;1-2H2. The molecular weight excluding hydrogens is 180 g/mol. The van der Waals surface area contributed by atoms with Crippen molar-refractivity contribution in [3.63, 3.8) is 0 Å². The van der Waals surface area contributed by atoms with E-state index in [9.17, 15) is 0 Å². The minimum absolute atomic E-state index is 1.02. The van der Waals surface area contributed by atoms with Crippen molar-refractivity contribution in [2.75, 3.05) is 11.9 Å². The average molecular weight is 192 g/mol. The molecule has 0 unspecified atom stereocenters. The molecule has 0 amide bonds. The van der Waals surface area contributed by atoms with E-state index >= 15 is 0 Å². The van der Waals surface area contributed by atoms with E-state index in [0.717, 1.165) is 10.8 Å². The lowest BCUT2D eigenvalue weighted by atomic mass is 10.4. The zero-order chi connectivity index (χ0) is 9.84. The molecule has 13 heavy (non-hydrogen) atoms. The molecule has 2 heterocycles. The number of pyridine rings is 1. The van der Waals surface area contributed by atoms with E-state index in [2.05, 4.69) is 30.8 Å². The zero-order valence-corrected chi connectivity index (χ0v) is 8.47. The molecule has 2 nitrogen and oxygen atoms in total. The number of anilines is 1. The third-order valence-electron chi connectivity index (χ3n) is 1.67. The molecule has 0 saturated heterocycles. The van der Waals surface area contributed by atoms with Gasteiger partial charge in [0, 0.05) is 13.2 Å². The Morgan fingerprint density at radius 3 is 2.77 bits per heavy atom. The number of hydrogen-bond acceptors (Lipinski definition) is 3. The van der Waals surface area contributed by atoms with Gasteiger partial charge in [-0.05, 0) is 12.1 Å². The van der Waals surface area contributed by atoms with E-state index in [-0.39, 0.29) is 0 Å². The summed E-state index contributed by atoms with van der Waals surface area (Å²) in [6.45, 7) is 9.90. The van der Waals surface area contributed by atoms with E-state index in [0.29, 0.717) is 0 Å². The maximum Gasteiger partial charge on any atom is 0.147 e. The van der Waals surface area contributed by atoms with E-state index in [1.54, 1.807) is 18.0 Å². The first-order chi connectivity index (χ1) is 6.29. The quantitative estimate of drug-likeness (QED) is 0.588. The SMILES string of the molecule is C=C.C=C1Sc2cccnc2N1C. The second kappa shape index (κ2) is 4.14. The van der Waals surface area contributed by atoms with Gasteiger partial charge in [0.2, 0.25) is 0 Å². The highest BCUT2D eigenvalue weighted by Gasteiger charge is 2.20. The summed E-state index contributed by atoms with van der Waals surface area (Å²) in [5.41, 5.74) is 0. The van der Waals surface area contributed by atoms with Crippen LogP contribution < -0.4 is 4.90 Å². The van der Waals surface area contributed by atoms with Gasteiger partial charge in [0.1, 0.15) is 5.82 Å². The molecule has 0 aromatic carbocycles. The molecule has 0 saturated carbocycles. The van der Waals surface area contributed by atoms with Crippen LogP contribution in [0.2, 0.25) is 0 Å². The summed E-state index contributed by atoms with van der Waals surface area (Å²) >= 11 is 1.67. The highest BCUT2D eigenvalue weighted by atomic mass is 32.2. The molecule has 1 aromatic rings. The minimum Gasteiger partial charge on any atom is -0.323 e. The number of thioether (sulfide) groups is 1. The van der Waals surface area contributed by atoms with Gasteiger partial charge in [0.25, 0.3) is 0 Å². The number of nitrogens with zero attached hydrogens (tertiary/aromatic N) is 2. The number of fused-ring (bicyclic) bond motifs is 1. The minimum atomic E-state index is 1.02. The van der Waals surface area contributed by atoms with Gasteiger partial charge in [-0.2, -0.15) is 0 Å². The van der Waals surface area contributed by atoms with Crippen LogP contribution in [0.3, 0.4) is 0 Å². The second-order valence-electron chi connectivity index (χ2n) is 2.38. The Morgan fingerprint density at radius 2 is 2.15 bits per heavy atom. The first kappa shape index (κ1) is 9.86. The maximum absolute atomic E-state index is 4.23. The molecule has 0 spiro atoms. The summed E-state index contributed by atoms with van der Waals surface area (Å²) in [7, 11) is 1.98. The maximum atomic E-state index is 4.23. The van der Waals surface area contributed by atoms with E-state index < -0.39 is 0 Å². The van der Waals surface area contributed by atoms with Crippen molar-refractivity contribution in [1.82, 2.24) is 4.98 Å². The predicted octanol–water partition coefficient (Wildman–Crippen LogP) is 2.90. The molecule has 0 atom stereocenters. The smallest absolute Gasteiger partial charge is 0.147 e. The van der Waals surface area contributed by atoms with Crippen molar-refractivity contribution in [2.24, 2.45) is 0 Å². The normalized spacial score (nSPS) is 13.3. The van der Waals surface area contributed by atoms with E-state index in [1.165, 1.54) is 4.90 Å². The van der Waals surface area contributed by atoms with Gasteiger partial charge in [-0.3, -0.25) is 0 Å². The van der Waals surface area contributed by atoms with Crippen LogP contribution in [-0.2, 0) is 0 Å². The van der Waals surface area contributed by atoms with Crippen LogP contribution in [-0.4, -0.2) is 12.0 Å². The van der Waals surface area contributed by atoms with Crippen molar-refractivity contribution in [3.05, 3.63) is 43.1 Å². The number of rotatable bonds is 0. The first-order valence-corrected chi connectivity index (χ1v) is 4.66. The molecular formula is C10H12N2S. The first-order valence-electron chi connectivity index (χ1n) is 3.84. The van der Waals surface area contributed by atoms with Gasteiger partial charge in [-0.1, -0.05) is 18.3 Å². The van der Waals surface area contributed by atoms with E-state index in [4.69, 9.17) is 0 Å². The molecule has 2 rings (SSSR count). The van der Waals surface area contributed by atoms with Crippen LogP contribution in [0.5, 0.6) is 0 Å². The van der Waals surface area contributed by atoms with Crippen molar-refractivity contribution < 1.29 is 0 Å². The molecule has 1 aliphatic rings. The molecule has 68 valence electrons. The Balaban J connectivity index is 0.000000396. The summed E-state index contributed by atoms with van der Waals surface area (Å²) in [6, 6.07) is 4.00. The Morgan fingerprint density at radius 1 is 1.46 bits per heavy atom. The fourth-order valence-corrected chi connectivity index (χ4v) is 1.93. The zero-order valence-electron chi connectivity index (χ0n) is 7.66. The molecule has 0 bridgehead atoms. The van der Waals surface area contributed by atoms with Gasteiger partial charge in [-0.25, -0.2) is 4.98 Å². The average Bonchev–Trinajstić information content (AvgIpc) is 2.47. The fourth-order valence-electron chi connectivity index (χ4n) is 1.03. The lowest BCUT2D eigenvalue weighted by molar-refractivity contribution is 1.09. The van der Waals surface area contributed by atoms with E-state index in [1.807, 2.05) is 18.0 Å². The lowest BCUT2D eigenvalue weighted by Crippen LogP contribution is -2.09. The summed E-state index contributed by atoms with van der Waals surface area (Å²) in [5.74, 6) is 1.02. The second-order valence-corrected chi connectivity index (χ2v) is 3.50. The van der Waals surface area contributed by atoms with Gasteiger partial charge >= 0.3 is 0 Å². The highest BCUT2D eigenvalue weighted by molar-refractivity contribution is 8.03. The predicted molar refractivity (Wildman–Crippen MR) is 58.9 cm³/mol. The van der Waals surface area contributed by atoms with Gasteiger partial charge < -0.3 is 4.90 Å². The Hall–Kier alpha value is -1.22. The number of aromatic nitrogens is 1. The Labute approximate surface area is 83.0 Å². The summed E-state index contributed by atoms with van der Waals surface area (Å²) in [5, 5.41) is 1.04. The number of hydrogen-bond donors (Lipinski definition) is 0. The van der Waals surface area contributed by atoms with Crippen LogP contribution in [0.15, 0.2) is 48.0 Å². The van der Waals surface area contributed by atoms with Crippen LogP contribution in [0.25, 0.3) is 0 Å². The Bertz CT molecular complexity index is 322. The molecule has 3 heteroatoms. The third kappa shape index (κ3) is 1.75. The summed E-state index contributed by atoms with van der Waals surface area (Å²) in [6.07, 6.45) is 1.80. The van der Waals surface area contributed by atoms with Crippen LogP contribution >= 0.6 is 11.8 Å². The molecule has 0 fully saturated rings. The largest absolute Gasteiger partial charge is 0.323 e. The molecule has 0 aliphatic carbocycles. The Kier molecular flexibility index (Phi) is 3.14. The van der Waals surface area contributed by atoms with Crippen LogP contribution in [0.1, 0.15) is 0 Å². The molecule has 0 N–H and O–H groups in total. The van der Waals surface area contributed by atoms with Crippen LogP contribution in [0, 0.1) is 0 Å².